The Balaban J connectivity index is 1.68. The molecule has 0 unspecified atom stereocenters. The summed E-state index contributed by atoms with van der Waals surface area (Å²) in [5.74, 6) is 1.37. The molecule has 134 valence electrons. The first-order valence-corrected chi connectivity index (χ1v) is 8.61. The van der Waals surface area contributed by atoms with Gasteiger partial charge in [0.1, 0.15) is 11.6 Å². The van der Waals surface area contributed by atoms with E-state index in [9.17, 15) is 4.79 Å². The number of alkyl carbamates (subject to hydrolysis) is 1. The van der Waals surface area contributed by atoms with Crippen LogP contribution in [0.1, 0.15) is 70.5 Å². The number of nitrogens with one attached hydrogen (secondary N) is 1. The van der Waals surface area contributed by atoms with Gasteiger partial charge in [-0.1, -0.05) is 11.6 Å². The maximum absolute atomic E-state index is 11.8. The first-order chi connectivity index (χ1) is 11.8. The summed E-state index contributed by atoms with van der Waals surface area (Å²) in [6.45, 7) is 7.20. The number of hydrogen-bond acceptors (Lipinski definition) is 6. The summed E-state index contributed by atoms with van der Waals surface area (Å²) >= 11 is 0. The van der Waals surface area contributed by atoms with Crippen molar-refractivity contribution in [3.05, 3.63) is 29.9 Å². The Labute approximate surface area is 147 Å². The molecule has 2 heterocycles. The first-order valence-electron chi connectivity index (χ1n) is 8.61. The van der Waals surface area contributed by atoms with E-state index in [-0.39, 0.29) is 0 Å². The average Bonchev–Trinajstić information content (AvgIpc) is 2.93. The van der Waals surface area contributed by atoms with E-state index in [0.29, 0.717) is 17.6 Å². The smallest absolute Gasteiger partial charge is 0.408 e. The minimum Gasteiger partial charge on any atom is -0.444 e. The van der Waals surface area contributed by atoms with Gasteiger partial charge in [0, 0.05) is 23.4 Å². The van der Waals surface area contributed by atoms with Crippen LogP contribution in [0.25, 0.3) is 11.4 Å². The maximum Gasteiger partial charge on any atom is 0.408 e. The molecule has 1 aliphatic rings. The number of aromatic nitrogens is 3. The van der Waals surface area contributed by atoms with Crippen LogP contribution in [0, 0.1) is 0 Å². The largest absolute Gasteiger partial charge is 0.444 e. The molecular formula is C18H24N4O3. The van der Waals surface area contributed by atoms with Crippen LogP contribution in [0.15, 0.2) is 22.9 Å². The third-order valence-corrected chi connectivity index (χ3v) is 4.11. The van der Waals surface area contributed by atoms with Crippen molar-refractivity contribution >= 4 is 6.09 Å². The van der Waals surface area contributed by atoms with Crippen LogP contribution in [0.4, 0.5) is 4.79 Å². The van der Waals surface area contributed by atoms with E-state index >= 15 is 0 Å². The van der Waals surface area contributed by atoms with Crippen LogP contribution in [0.3, 0.4) is 0 Å². The van der Waals surface area contributed by atoms with Crippen molar-refractivity contribution < 1.29 is 14.1 Å². The highest BCUT2D eigenvalue weighted by molar-refractivity contribution is 5.68. The van der Waals surface area contributed by atoms with Crippen molar-refractivity contribution in [3.63, 3.8) is 0 Å². The van der Waals surface area contributed by atoms with Crippen LogP contribution in [-0.2, 0) is 4.74 Å². The Kier molecular flexibility index (Phi) is 4.74. The second-order valence-electron chi connectivity index (χ2n) is 7.42. The third-order valence-electron chi connectivity index (χ3n) is 4.11. The fourth-order valence-electron chi connectivity index (χ4n) is 2.59. The number of rotatable bonds is 4. The molecule has 0 bridgehead atoms. The van der Waals surface area contributed by atoms with Gasteiger partial charge >= 0.3 is 6.09 Å². The number of amides is 1. The monoisotopic (exact) mass is 344 g/mol. The topological polar surface area (TPSA) is 90.1 Å². The molecule has 1 aliphatic carbocycles. The SMILES string of the molecule is C[C@H](NC(=O)OC(C)(C)C)c1nc(-c2ccnc(C3CCC3)c2)no1. The zero-order valence-electron chi connectivity index (χ0n) is 15.1. The van der Waals surface area contributed by atoms with Gasteiger partial charge in [-0.25, -0.2) is 4.79 Å². The van der Waals surface area contributed by atoms with E-state index in [4.69, 9.17) is 9.26 Å². The number of carbonyl (C=O) groups excluding carboxylic acids is 1. The molecule has 2 aromatic rings. The van der Waals surface area contributed by atoms with Crippen molar-refractivity contribution in [1.29, 1.82) is 0 Å². The zero-order chi connectivity index (χ0) is 18.0. The van der Waals surface area contributed by atoms with Crippen LogP contribution in [0.2, 0.25) is 0 Å². The first kappa shape index (κ1) is 17.4. The average molecular weight is 344 g/mol. The van der Waals surface area contributed by atoms with Gasteiger partial charge in [0.25, 0.3) is 0 Å². The van der Waals surface area contributed by atoms with E-state index in [1.54, 1.807) is 13.1 Å². The van der Waals surface area contributed by atoms with Crippen molar-refractivity contribution in [2.45, 2.75) is 64.5 Å². The highest BCUT2D eigenvalue weighted by Crippen LogP contribution is 2.36. The molecule has 2 aromatic heterocycles. The molecule has 0 aromatic carbocycles. The van der Waals surface area contributed by atoms with Crippen LogP contribution in [-0.4, -0.2) is 26.8 Å². The molecular weight excluding hydrogens is 320 g/mol. The fraction of sp³-hybridized carbons (Fsp3) is 0.556. The maximum atomic E-state index is 11.8. The lowest BCUT2D eigenvalue weighted by atomic mass is 9.82. The number of nitrogens with zero attached hydrogens (tertiary/aromatic N) is 3. The van der Waals surface area contributed by atoms with Crippen molar-refractivity contribution in [2.24, 2.45) is 0 Å². The van der Waals surface area contributed by atoms with Gasteiger partial charge in [0.15, 0.2) is 0 Å². The highest BCUT2D eigenvalue weighted by Gasteiger charge is 2.23. The Hall–Kier alpha value is -2.44. The minimum atomic E-state index is -0.557. The molecule has 1 atom stereocenters. The zero-order valence-corrected chi connectivity index (χ0v) is 15.1. The predicted octanol–water partition coefficient (Wildman–Crippen LogP) is 3.98. The van der Waals surface area contributed by atoms with Gasteiger partial charge in [-0.2, -0.15) is 4.98 Å². The minimum absolute atomic E-state index is 0.336. The van der Waals surface area contributed by atoms with Gasteiger partial charge in [-0.05, 0) is 52.7 Å². The standard InChI is InChI=1S/C18H24N4O3/c1-11(20-17(23)24-18(2,3)4)16-21-15(22-25-16)13-8-9-19-14(10-13)12-6-5-7-12/h8-12H,5-7H2,1-4H3,(H,20,23)/t11-/m0/s1. The van der Waals surface area contributed by atoms with E-state index < -0.39 is 17.7 Å². The van der Waals surface area contributed by atoms with Gasteiger partial charge in [0.2, 0.25) is 11.7 Å². The van der Waals surface area contributed by atoms with Gasteiger partial charge < -0.3 is 14.6 Å². The van der Waals surface area contributed by atoms with E-state index in [0.717, 1.165) is 11.3 Å². The molecule has 1 amide bonds. The molecule has 0 radical (unpaired) electrons. The Morgan fingerprint density at radius 3 is 2.80 bits per heavy atom. The summed E-state index contributed by atoms with van der Waals surface area (Å²) < 4.78 is 10.5. The van der Waals surface area contributed by atoms with Crippen LogP contribution >= 0.6 is 0 Å². The Bertz CT molecular complexity index is 747. The number of ether oxygens (including phenoxy) is 1. The summed E-state index contributed by atoms with van der Waals surface area (Å²) in [5, 5.41) is 6.72. The number of pyridine rings is 1. The molecule has 1 N–H and O–H groups in total. The molecule has 1 fully saturated rings. The second-order valence-corrected chi connectivity index (χ2v) is 7.42. The summed E-state index contributed by atoms with van der Waals surface area (Å²) in [6, 6.07) is 3.44. The number of hydrogen-bond donors (Lipinski definition) is 1. The second kappa shape index (κ2) is 6.82. The van der Waals surface area contributed by atoms with Crippen LogP contribution < -0.4 is 5.32 Å². The summed E-state index contributed by atoms with van der Waals surface area (Å²) in [5.41, 5.74) is 1.39. The summed E-state index contributed by atoms with van der Waals surface area (Å²) in [6.07, 6.45) is 4.89. The Morgan fingerprint density at radius 2 is 2.16 bits per heavy atom. The lowest BCUT2D eigenvalue weighted by Crippen LogP contribution is -2.34. The molecule has 1 saturated carbocycles. The van der Waals surface area contributed by atoms with Crippen LogP contribution in [0.5, 0.6) is 0 Å². The normalized spacial score (nSPS) is 16.2. The van der Waals surface area contributed by atoms with E-state index in [1.807, 2.05) is 32.9 Å². The third kappa shape index (κ3) is 4.35. The fourth-order valence-corrected chi connectivity index (χ4v) is 2.59. The molecule has 25 heavy (non-hydrogen) atoms. The Morgan fingerprint density at radius 1 is 1.40 bits per heavy atom. The number of carbonyl (C=O) groups is 1. The van der Waals surface area contributed by atoms with Gasteiger partial charge in [0.05, 0.1) is 0 Å². The molecule has 0 aliphatic heterocycles. The van der Waals surface area contributed by atoms with E-state index in [2.05, 4.69) is 20.4 Å². The van der Waals surface area contributed by atoms with E-state index in [1.165, 1.54) is 19.3 Å². The molecule has 7 heteroatoms. The summed E-state index contributed by atoms with van der Waals surface area (Å²) in [4.78, 5) is 20.7. The van der Waals surface area contributed by atoms with Gasteiger partial charge in [-0.3, -0.25) is 4.98 Å². The predicted molar refractivity (Wildman–Crippen MR) is 91.9 cm³/mol. The van der Waals surface area contributed by atoms with Crippen molar-refractivity contribution in [1.82, 2.24) is 20.4 Å². The highest BCUT2D eigenvalue weighted by atomic mass is 16.6. The lowest BCUT2D eigenvalue weighted by Gasteiger charge is -2.24. The van der Waals surface area contributed by atoms with Crippen molar-refractivity contribution in [2.75, 3.05) is 0 Å². The molecule has 3 rings (SSSR count). The molecule has 0 spiro atoms. The summed E-state index contributed by atoms with van der Waals surface area (Å²) in [7, 11) is 0. The molecule has 7 nitrogen and oxygen atoms in total. The molecule has 0 saturated heterocycles. The van der Waals surface area contributed by atoms with Gasteiger partial charge in [-0.15, -0.1) is 0 Å². The lowest BCUT2D eigenvalue weighted by molar-refractivity contribution is 0.0499. The quantitative estimate of drug-likeness (QED) is 0.902. The van der Waals surface area contributed by atoms with Crippen molar-refractivity contribution in [3.8, 4) is 11.4 Å².